The monoisotopic (exact) mass is 419 g/mol. The molecule has 1 aromatic rings. The SMILES string of the molecule is COC(=O)C1(CCCCBr)CCN(c2ccc(OC)cc2)S1(=O)=O. The number of anilines is 1. The molecule has 1 saturated heterocycles. The molecule has 1 heterocycles. The maximum atomic E-state index is 13.1. The molecule has 0 N–H and O–H groups in total. The van der Waals surface area contributed by atoms with Crippen molar-refractivity contribution in [2.45, 2.75) is 30.4 Å². The van der Waals surface area contributed by atoms with Crippen LogP contribution in [0.5, 0.6) is 5.75 Å². The van der Waals surface area contributed by atoms with Gasteiger partial charge in [0.05, 0.1) is 19.9 Å². The van der Waals surface area contributed by atoms with E-state index in [-0.39, 0.29) is 19.4 Å². The second kappa shape index (κ2) is 7.74. The summed E-state index contributed by atoms with van der Waals surface area (Å²) in [6.07, 6.45) is 1.93. The van der Waals surface area contributed by atoms with Crippen molar-refractivity contribution >= 4 is 37.6 Å². The highest BCUT2D eigenvalue weighted by Crippen LogP contribution is 2.41. The predicted molar refractivity (Wildman–Crippen MR) is 96.3 cm³/mol. The fraction of sp³-hybridized carbons (Fsp3) is 0.562. The lowest BCUT2D eigenvalue weighted by molar-refractivity contribution is -0.144. The van der Waals surface area contributed by atoms with Gasteiger partial charge in [0.15, 0.2) is 4.75 Å². The number of sulfonamides is 1. The highest BCUT2D eigenvalue weighted by molar-refractivity contribution is 9.09. The quantitative estimate of drug-likeness (QED) is 0.385. The summed E-state index contributed by atoms with van der Waals surface area (Å²) in [7, 11) is -1.07. The molecule has 134 valence electrons. The van der Waals surface area contributed by atoms with Gasteiger partial charge in [0.25, 0.3) is 10.0 Å². The van der Waals surface area contributed by atoms with E-state index in [1.165, 1.54) is 11.4 Å². The van der Waals surface area contributed by atoms with Crippen molar-refractivity contribution < 1.29 is 22.7 Å². The molecule has 0 amide bonds. The Bertz CT molecular complexity index is 676. The van der Waals surface area contributed by atoms with Crippen molar-refractivity contribution in [1.82, 2.24) is 0 Å². The summed E-state index contributed by atoms with van der Waals surface area (Å²) in [4.78, 5) is 12.4. The number of carbonyl (C=O) groups is 1. The third-order valence-corrected chi connectivity index (χ3v) is 7.48. The van der Waals surface area contributed by atoms with Gasteiger partial charge in [-0.25, -0.2) is 8.42 Å². The number of ether oxygens (including phenoxy) is 2. The van der Waals surface area contributed by atoms with E-state index in [0.29, 0.717) is 17.9 Å². The van der Waals surface area contributed by atoms with Gasteiger partial charge >= 0.3 is 5.97 Å². The van der Waals surface area contributed by atoms with Crippen molar-refractivity contribution in [3.8, 4) is 5.75 Å². The van der Waals surface area contributed by atoms with Gasteiger partial charge in [0, 0.05) is 11.9 Å². The van der Waals surface area contributed by atoms with Gasteiger partial charge in [-0.1, -0.05) is 22.4 Å². The molecule has 1 aromatic carbocycles. The number of halogens is 1. The molecular weight excluding hydrogens is 398 g/mol. The molecule has 1 unspecified atom stereocenters. The second-order valence-corrected chi connectivity index (χ2v) is 8.62. The van der Waals surface area contributed by atoms with Gasteiger partial charge in [0.1, 0.15) is 5.75 Å². The normalized spacial score (nSPS) is 22.4. The zero-order valence-corrected chi connectivity index (χ0v) is 16.2. The molecule has 1 fully saturated rings. The number of hydrogen-bond donors (Lipinski definition) is 0. The van der Waals surface area contributed by atoms with E-state index in [4.69, 9.17) is 9.47 Å². The minimum atomic E-state index is -3.85. The molecule has 24 heavy (non-hydrogen) atoms. The molecule has 1 atom stereocenters. The minimum Gasteiger partial charge on any atom is -0.497 e. The van der Waals surface area contributed by atoms with Crippen LogP contribution in [0.15, 0.2) is 24.3 Å². The molecule has 6 nitrogen and oxygen atoms in total. The molecule has 1 aliphatic heterocycles. The summed E-state index contributed by atoms with van der Waals surface area (Å²) in [5, 5.41) is 0.770. The number of methoxy groups -OCH3 is 2. The molecule has 0 aliphatic carbocycles. The van der Waals surface area contributed by atoms with E-state index in [1.807, 2.05) is 0 Å². The molecule has 0 spiro atoms. The van der Waals surface area contributed by atoms with Crippen molar-refractivity contribution in [3.63, 3.8) is 0 Å². The number of alkyl halides is 1. The lowest BCUT2D eigenvalue weighted by Gasteiger charge is -2.27. The summed E-state index contributed by atoms with van der Waals surface area (Å²) in [5.41, 5.74) is 0.530. The number of carbonyl (C=O) groups excluding carboxylic acids is 1. The number of nitrogens with zero attached hydrogens (tertiary/aromatic N) is 1. The Kier molecular flexibility index (Phi) is 6.14. The van der Waals surface area contributed by atoms with E-state index < -0.39 is 20.7 Å². The van der Waals surface area contributed by atoms with E-state index >= 15 is 0 Å². The highest BCUT2D eigenvalue weighted by Gasteiger charge is 2.58. The lowest BCUT2D eigenvalue weighted by Crippen LogP contribution is -2.47. The lowest BCUT2D eigenvalue weighted by atomic mass is 9.97. The van der Waals surface area contributed by atoms with Gasteiger partial charge in [-0.15, -0.1) is 0 Å². The van der Waals surface area contributed by atoms with Crippen LogP contribution in [0.3, 0.4) is 0 Å². The van der Waals surface area contributed by atoms with Crippen LogP contribution in [0.2, 0.25) is 0 Å². The van der Waals surface area contributed by atoms with Crippen LogP contribution in [-0.4, -0.2) is 45.2 Å². The van der Waals surface area contributed by atoms with Gasteiger partial charge in [-0.2, -0.15) is 0 Å². The van der Waals surface area contributed by atoms with Gasteiger partial charge in [0.2, 0.25) is 0 Å². The third-order valence-electron chi connectivity index (χ3n) is 4.38. The first-order valence-corrected chi connectivity index (χ1v) is 10.3. The average Bonchev–Trinajstić information content (AvgIpc) is 2.86. The van der Waals surface area contributed by atoms with Crippen LogP contribution >= 0.6 is 15.9 Å². The van der Waals surface area contributed by atoms with Crippen molar-refractivity contribution in [3.05, 3.63) is 24.3 Å². The molecule has 0 saturated carbocycles. The molecule has 1 aliphatic rings. The first kappa shape index (κ1) is 19.1. The predicted octanol–water partition coefficient (Wildman–Crippen LogP) is 2.71. The Morgan fingerprint density at radius 1 is 1.25 bits per heavy atom. The molecule has 2 rings (SSSR count). The Hall–Kier alpha value is -1.28. The maximum Gasteiger partial charge on any atom is 0.329 e. The second-order valence-electron chi connectivity index (χ2n) is 5.66. The smallest absolute Gasteiger partial charge is 0.329 e. The number of esters is 1. The zero-order valence-electron chi connectivity index (χ0n) is 13.8. The summed E-state index contributed by atoms with van der Waals surface area (Å²) < 4.78 is 36.0. The average molecular weight is 420 g/mol. The van der Waals surface area contributed by atoms with Crippen molar-refractivity contribution in [1.29, 1.82) is 0 Å². The van der Waals surface area contributed by atoms with Gasteiger partial charge in [-0.3, -0.25) is 9.10 Å². The fourth-order valence-electron chi connectivity index (χ4n) is 3.01. The Labute approximate surface area is 151 Å². The molecular formula is C16H22BrNO5S. The van der Waals surface area contributed by atoms with Crippen LogP contribution in [-0.2, 0) is 19.6 Å². The van der Waals surface area contributed by atoms with Crippen molar-refractivity contribution in [2.75, 3.05) is 30.4 Å². The number of benzene rings is 1. The summed E-state index contributed by atoms with van der Waals surface area (Å²) in [5.74, 6) is -0.0278. The van der Waals surface area contributed by atoms with Crippen LogP contribution in [0.4, 0.5) is 5.69 Å². The Morgan fingerprint density at radius 3 is 2.46 bits per heavy atom. The molecule has 0 aromatic heterocycles. The van der Waals surface area contributed by atoms with Crippen LogP contribution in [0.1, 0.15) is 25.7 Å². The fourth-order valence-corrected chi connectivity index (χ4v) is 5.61. The van der Waals surface area contributed by atoms with Gasteiger partial charge < -0.3 is 9.47 Å². The Morgan fingerprint density at radius 2 is 1.92 bits per heavy atom. The highest BCUT2D eigenvalue weighted by atomic mass is 79.9. The van der Waals surface area contributed by atoms with Crippen molar-refractivity contribution in [2.24, 2.45) is 0 Å². The summed E-state index contributed by atoms with van der Waals surface area (Å²) in [6, 6.07) is 6.77. The van der Waals surface area contributed by atoms with E-state index in [2.05, 4.69) is 15.9 Å². The molecule has 0 radical (unpaired) electrons. The number of rotatable bonds is 7. The standard InChI is InChI=1S/C16H22BrNO5S/c1-22-14-7-5-13(6-8-14)18-12-10-16(15(19)23-2,24(18,20)21)9-3-4-11-17/h5-8H,3-4,9-12H2,1-2H3. The minimum absolute atomic E-state index is 0.232. The van der Waals surface area contributed by atoms with E-state index in [0.717, 1.165) is 11.8 Å². The number of hydrogen-bond acceptors (Lipinski definition) is 5. The first-order valence-electron chi connectivity index (χ1n) is 7.73. The molecule has 0 bridgehead atoms. The summed E-state index contributed by atoms with van der Waals surface area (Å²) in [6.45, 7) is 0.262. The zero-order chi connectivity index (χ0) is 17.8. The topological polar surface area (TPSA) is 72.9 Å². The van der Waals surface area contributed by atoms with Crippen LogP contribution < -0.4 is 9.04 Å². The van der Waals surface area contributed by atoms with E-state index in [1.54, 1.807) is 31.4 Å². The third kappa shape index (κ3) is 3.26. The summed E-state index contributed by atoms with van der Waals surface area (Å²) >= 11 is 3.33. The van der Waals surface area contributed by atoms with Crippen LogP contribution in [0.25, 0.3) is 0 Å². The van der Waals surface area contributed by atoms with Gasteiger partial charge in [-0.05, 0) is 43.5 Å². The van der Waals surface area contributed by atoms with Crippen LogP contribution in [0, 0.1) is 0 Å². The Balaban J connectivity index is 2.36. The maximum absolute atomic E-state index is 13.1. The molecule has 8 heteroatoms. The largest absolute Gasteiger partial charge is 0.497 e. The first-order chi connectivity index (χ1) is 11.4. The number of unbranched alkanes of at least 4 members (excludes halogenated alkanes) is 1. The van der Waals surface area contributed by atoms with E-state index in [9.17, 15) is 13.2 Å².